The number of benzene rings is 1. The predicted octanol–water partition coefficient (Wildman–Crippen LogP) is 1.37. The van der Waals surface area contributed by atoms with Gasteiger partial charge in [0.25, 0.3) is 5.69 Å². The van der Waals surface area contributed by atoms with E-state index in [-0.39, 0.29) is 11.7 Å². The Bertz CT molecular complexity index is 542. The lowest BCUT2D eigenvalue weighted by Crippen LogP contribution is -2.39. The topological polar surface area (TPSA) is 113 Å². The molecule has 0 unspecified atom stereocenters. The lowest BCUT2D eigenvalue weighted by atomic mass is 9.89. The Labute approximate surface area is 106 Å². The van der Waals surface area contributed by atoms with Gasteiger partial charge in [-0.05, 0) is 18.9 Å². The van der Waals surface area contributed by atoms with E-state index in [9.17, 15) is 19.3 Å². The number of hydrogen-bond donors (Lipinski definition) is 3. The molecular formula is C11H11FN2O5. The summed E-state index contributed by atoms with van der Waals surface area (Å²) in [5, 5.41) is 31.4. The summed E-state index contributed by atoms with van der Waals surface area (Å²) >= 11 is 0. The molecule has 0 aromatic heterocycles. The van der Waals surface area contributed by atoms with Crippen LogP contribution in [0.1, 0.15) is 23.2 Å². The first-order chi connectivity index (χ1) is 8.88. The highest BCUT2D eigenvalue weighted by atomic mass is 19.1. The maximum Gasteiger partial charge on any atom is 0.342 e. The van der Waals surface area contributed by atoms with Crippen molar-refractivity contribution in [3.05, 3.63) is 33.6 Å². The quantitative estimate of drug-likeness (QED) is 0.562. The van der Waals surface area contributed by atoms with Gasteiger partial charge in [-0.3, -0.25) is 10.1 Å². The van der Waals surface area contributed by atoms with E-state index in [1.54, 1.807) is 0 Å². The maximum absolute atomic E-state index is 13.6. The second-order valence-corrected chi connectivity index (χ2v) is 4.38. The van der Waals surface area contributed by atoms with Gasteiger partial charge in [0.2, 0.25) is 0 Å². The third-order valence-corrected chi connectivity index (χ3v) is 2.99. The maximum atomic E-state index is 13.6. The van der Waals surface area contributed by atoms with E-state index < -0.39 is 34.1 Å². The third kappa shape index (κ3) is 2.63. The molecule has 3 N–H and O–H groups in total. The molecule has 19 heavy (non-hydrogen) atoms. The van der Waals surface area contributed by atoms with E-state index in [1.165, 1.54) is 0 Å². The minimum absolute atomic E-state index is 0.111. The Morgan fingerprint density at radius 2 is 2.11 bits per heavy atom. The van der Waals surface area contributed by atoms with Gasteiger partial charge in [0, 0.05) is 6.04 Å². The molecule has 0 spiro atoms. The number of hydrogen-bond acceptors (Lipinski definition) is 5. The molecule has 0 bridgehead atoms. The van der Waals surface area contributed by atoms with Crippen LogP contribution in [0.15, 0.2) is 12.1 Å². The average molecular weight is 270 g/mol. The van der Waals surface area contributed by atoms with Crippen LogP contribution in [0, 0.1) is 15.9 Å². The van der Waals surface area contributed by atoms with Crippen molar-refractivity contribution in [3.8, 4) is 0 Å². The second-order valence-electron chi connectivity index (χ2n) is 4.38. The number of nitrogens with zero attached hydrogens (tertiary/aromatic N) is 1. The summed E-state index contributed by atoms with van der Waals surface area (Å²) in [7, 11) is 0. The number of nitro groups is 1. The molecule has 102 valence electrons. The van der Waals surface area contributed by atoms with Crippen molar-refractivity contribution < 1.29 is 24.3 Å². The third-order valence-electron chi connectivity index (χ3n) is 2.99. The van der Waals surface area contributed by atoms with Crippen LogP contribution in [0.4, 0.5) is 15.8 Å². The molecule has 0 amide bonds. The largest absolute Gasteiger partial charge is 0.477 e. The monoisotopic (exact) mass is 270 g/mol. The fourth-order valence-electron chi connectivity index (χ4n) is 1.92. The van der Waals surface area contributed by atoms with Gasteiger partial charge in [-0.25, -0.2) is 9.18 Å². The molecule has 8 heteroatoms. The van der Waals surface area contributed by atoms with Gasteiger partial charge in [-0.15, -0.1) is 0 Å². The number of carboxylic acid groups (broad SMARTS) is 1. The summed E-state index contributed by atoms with van der Waals surface area (Å²) in [5.41, 5.74) is -1.47. The highest BCUT2D eigenvalue weighted by molar-refractivity contribution is 5.93. The number of aromatic carboxylic acids is 1. The zero-order chi connectivity index (χ0) is 14.2. The number of aliphatic hydroxyl groups excluding tert-OH is 1. The highest BCUT2D eigenvalue weighted by Crippen LogP contribution is 2.30. The summed E-state index contributed by atoms with van der Waals surface area (Å²) in [6.07, 6.45) is 0.412. The van der Waals surface area contributed by atoms with Gasteiger partial charge >= 0.3 is 5.97 Å². The lowest BCUT2D eigenvalue weighted by molar-refractivity contribution is -0.385. The molecule has 2 rings (SSSR count). The molecule has 0 radical (unpaired) electrons. The Morgan fingerprint density at radius 1 is 1.47 bits per heavy atom. The standard InChI is InChI=1S/C11H11FN2O5/c12-8-4-10(14(18)19)7(11(16)17)3-9(8)13-5-1-6(15)2-5/h3-6,13,15H,1-2H2,(H,16,17). The first kappa shape index (κ1) is 13.2. The minimum Gasteiger partial charge on any atom is -0.477 e. The molecule has 1 aliphatic rings. The summed E-state index contributed by atoms with van der Waals surface area (Å²) in [6.45, 7) is 0. The van der Waals surface area contributed by atoms with Crippen molar-refractivity contribution in [3.63, 3.8) is 0 Å². The predicted molar refractivity (Wildman–Crippen MR) is 62.7 cm³/mol. The van der Waals surface area contributed by atoms with Crippen molar-refractivity contribution >= 4 is 17.3 Å². The number of aliphatic hydroxyl groups is 1. The molecule has 1 aromatic rings. The number of nitro benzene ring substituents is 1. The summed E-state index contributed by atoms with van der Waals surface area (Å²) in [4.78, 5) is 20.6. The van der Waals surface area contributed by atoms with Crippen LogP contribution in [-0.4, -0.2) is 33.3 Å². The van der Waals surface area contributed by atoms with E-state index in [1.807, 2.05) is 0 Å². The van der Waals surface area contributed by atoms with E-state index in [0.717, 1.165) is 6.07 Å². The molecule has 1 saturated carbocycles. The van der Waals surface area contributed by atoms with Gasteiger partial charge in [-0.1, -0.05) is 0 Å². The van der Waals surface area contributed by atoms with E-state index in [4.69, 9.17) is 10.2 Å². The lowest BCUT2D eigenvalue weighted by Gasteiger charge is -2.32. The summed E-state index contributed by atoms with van der Waals surface area (Å²) < 4.78 is 13.6. The second kappa shape index (κ2) is 4.81. The van der Waals surface area contributed by atoms with Crippen LogP contribution in [0.2, 0.25) is 0 Å². The molecule has 0 atom stereocenters. The van der Waals surface area contributed by atoms with Gasteiger partial charge in [0.1, 0.15) is 5.56 Å². The summed E-state index contributed by atoms with van der Waals surface area (Å²) in [5.74, 6) is -2.39. The minimum atomic E-state index is -1.50. The number of anilines is 1. The fraction of sp³-hybridized carbons (Fsp3) is 0.364. The first-order valence-corrected chi connectivity index (χ1v) is 5.54. The average Bonchev–Trinajstić information content (AvgIpc) is 2.28. The zero-order valence-corrected chi connectivity index (χ0v) is 9.67. The van der Waals surface area contributed by atoms with E-state index in [2.05, 4.69) is 5.32 Å². The Kier molecular flexibility index (Phi) is 3.34. The molecule has 0 aliphatic heterocycles. The van der Waals surface area contributed by atoms with Crippen molar-refractivity contribution in [2.45, 2.75) is 25.0 Å². The van der Waals surface area contributed by atoms with Crippen LogP contribution < -0.4 is 5.32 Å². The normalized spacial score (nSPS) is 21.6. The molecule has 0 saturated heterocycles. The van der Waals surface area contributed by atoms with Crippen LogP contribution >= 0.6 is 0 Å². The van der Waals surface area contributed by atoms with E-state index >= 15 is 0 Å². The van der Waals surface area contributed by atoms with Gasteiger partial charge in [0.15, 0.2) is 5.82 Å². The Hall–Kier alpha value is -2.22. The van der Waals surface area contributed by atoms with Gasteiger partial charge < -0.3 is 15.5 Å². The zero-order valence-electron chi connectivity index (χ0n) is 9.67. The molecule has 7 nitrogen and oxygen atoms in total. The van der Waals surface area contributed by atoms with Crippen molar-refractivity contribution in [2.24, 2.45) is 0 Å². The van der Waals surface area contributed by atoms with Crippen molar-refractivity contribution in [1.82, 2.24) is 0 Å². The Morgan fingerprint density at radius 3 is 2.58 bits per heavy atom. The number of carbonyl (C=O) groups is 1. The van der Waals surface area contributed by atoms with Crippen LogP contribution in [-0.2, 0) is 0 Å². The van der Waals surface area contributed by atoms with Crippen LogP contribution in [0.5, 0.6) is 0 Å². The highest BCUT2D eigenvalue weighted by Gasteiger charge is 2.29. The van der Waals surface area contributed by atoms with Gasteiger partial charge in [-0.2, -0.15) is 0 Å². The fourth-order valence-corrected chi connectivity index (χ4v) is 1.92. The molecule has 0 heterocycles. The van der Waals surface area contributed by atoms with Crippen LogP contribution in [0.3, 0.4) is 0 Å². The number of carboxylic acids is 1. The SMILES string of the molecule is O=C(O)c1cc(NC2CC(O)C2)c(F)cc1[N+](=O)[O-]. The first-order valence-electron chi connectivity index (χ1n) is 5.54. The van der Waals surface area contributed by atoms with E-state index in [0.29, 0.717) is 18.9 Å². The Balaban J connectivity index is 2.31. The number of nitrogens with one attached hydrogen (secondary N) is 1. The molecule has 1 aliphatic carbocycles. The number of halogens is 1. The smallest absolute Gasteiger partial charge is 0.342 e. The summed E-state index contributed by atoms with van der Waals surface area (Å²) in [6, 6.07) is 1.33. The molecule has 1 fully saturated rings. The van der Waals surface area contributed by atoms with Crippen molar-refractivity contribution in [2.75, 3.05) is 5.32 Å². The number of rotatable bonds is 4. The van der Waals surface area contributed by atoms with Crippen LogP contribution in [0.25, 0.3) is 0 Å². The van der Waals surface area contributed by atoms with Gasteiger partial charge in [0.05, 0.1) is 22.8 Å². The molecular weight excluding hydrogens is 259 g/mol. The van der Waals surface area contributed by atoms with Crippen molar-refractivity contribution in [1.29, 1.82) is 0 Å². The molecule has 1 aromatic carbocycles.